The molecule has 1 fully saturated rings. The van der Waals surface area contributed by atoms with Gasteiger partial charge in [-0.25, -0.2) is 8.42 Å². The molecule has 7 nitrogen and oxygen atoms in total. The standard InChI is InChI=1S/C15H24N4O3S.ClH/c1-12-3-4-13(11-14(12)18-23(2,21)22)15(20)17-7-10-19-8-5-16-6-9-19;/h3-4,11,16,18H,5-10H2,1-2H3,(H,17,20);1H. The predicted octanol–water partition coefficient (Wildman–Crippen LogP) is 0.423. The summed E-state index contributed by atoms with van der Waals surface area (Å²) in [4.78, 5) is 14.5. The summed E-state index contributed by atoms with van der Waals surface area (Å²) < 4.78 is 25.1. The lowest BCUT2D eigenvalue weighted by Gasteiger charge is -2.27. The first-order valence-electron chi connectivity index (χ1n) is 7.65. The number of rotatable bonds is 6. The second kappa shape index (κ2) is 9.22. The molecular weight excluding hydrogens is 352 g/mol. The molecule has 0 atom stereocenters. The molecule has 1 amide bonds. The lowest BCUT2D eigenvalue weighted by Crippen LogP contribution is -2.46. The van der Waals surface area contributed by atoms with Crippen LogP contribution in [0.2, 0.25) is 0 Å². The monoisotopic (exact) mass is 376 g/mol. The van der Waals surface area contributed by atoms with Gasteiger partial charge in [0.15, 0.2) is 0 Å². The number of hydrogen-bond donors (Lipinski definition) is 3. The molecule has 2 rings (SSSR count). The summed E-state index contributed by atoms with van der Waals surface area (Å²) >= 11 is 0. The lowest BCUT2D eigenvalue weighted by molar-refractivity contribution is 0.0947. The number of piperazine rings is 1. The van der Waals surface area contributed by atoms with Crippen LogP contribution in [-0.2, 0) is 10.0 Å². The minimum Gasteiger partial charge on any atom is -0.351 e. The van der Waals surface area contributed by atoms with Gasteiger partial charge in [0, 0.05) is 44.8 Å². The first kappa shape index (κ1) is 20.7. The summed E-state index contributed by atoms with van der Waals surface area (Å²) in [5, 5.41) is 6.16. The molecule has 1 heterocycles. The van der Waals surface area contributed by atoms with Gasteiger partial charge in [0.25, 0.3) is 5.91 Å². The van der Waals surface area contributed by atoms with Gasteiger partial charge in [0.2, 0.25) is 10.0 Å². The summed E-state index contributed by atoms with van der Waals surface area (Å²) in [5.41, 5.74) is 1.65. The van der Waals surface area contributed by atoms with Crippen molar-refractivity contribution in [2.45, 2.75) is 6.92 Å². The molecule has 136 valence electrons. The molecule has 0 aliphatic carbocycles. The van der Waals surface area contributed by atoms with E-state index in [0.29, 0.717) is 17.8 Å². The Bertz CT molecular complexity index is 661. The van der Waals surface area contributed by atoms with Crippen LogP contribution in [0.25, 0.3) is 0 Å². The van der Waals surface area contributed by atoms with Crippen molar-refractivity contribution in [3.05, 3.63) is 29.3 Å². The summed E-state index contributed by atoms with van der Waals surface area (Å²) in [6, 6.07) is 5.00. The highest BCUT2D eigenvalue weighted by Crippen LogP contribution is 2.18. The van der Waals surface area contributed by atoms with Crippen LogP contribution in [0.15, 0.2) is 18.2 Å². The van der Waals surface area contributed by atoms with Gasteiger partial charge in [0.1, 0.15) is 0 Å². The molecule has 1 aromatic carbocycles. The average molecular weight is 377 g/mol. The van der Waals surface area contributed by atoms with Gasteiger partial charge in [-0.3, -0.25) is 14.4 Å². The van der Waals surface area contributed by atoms with E-state index in [1.54, 1.807) is 25.1 Å². The number of nitrogens with zero attached hydrogens (tertiary/aromatic N) is 1. The SMILES string of the molecule is Cc1ccc(C(=O)NCCN2CCNCC2)cc1NS(C)(=O)=O.Cl. The number of nitrogens with one attached hydrogen (secondary N) is 3. The summed E-state index contributed by atoms with van der Waals surface area (Å²) in [5.74, 6) is -0.198. The fraction of sp³-hybridized carbons (Fsp3) is 0.533. The molecule has 3 N–H and O–H groups in total. The minimum absolute atomic E-state index is 0. The van der Waals surface area contributed by atoms with Crippen LogP contribution in [0.4, 0.5) is 5.69 Å². The third kappa shape index (κ3) is 6.64. The van der Waals surface area contributed by atoms with Crippen LogP contribution >= 0.6 is 12.4 Å². The number of aryl methyl sites for hydroxylation is 1. The van der Waals surface area contributed by atoms with E-state index in [1.165, 1.54) is 0 Å². The Morgan fingerprint density at radius 2 is 1.96 bits per heavy atom. The first-order valence-corrected chi connectivity index (χ1v) is 9.54. The highest BCUT2D eigenvalue weighted by Gasteiger charge is 2.12. The van der Waals surface area contributed by atoms with Crippen molar-refractivity contribution in [1.82, 2.24) is 15.5 Å². The van der Waals surface area contributed by atoms with Crippen molar-refractivity contribution in [2.75, 3.05) is 50.2 Å². The zero-order valence-electron chi connectivity index (χ0n) is 14.0. The Labute approximate surface area is 149 Å². The zero-order chi connectivity index (χ0) is 16.9. The average Bonchev–Trinajstić information content (AvgIpc) is 2.49. The Kier molecular flexibility index (Phi) is 7.95. The number of carbonyl (C=O) groups is 1. The second-order valence-corrected chi connectivity index (χ2v) is 7.50. The Balaban J connectivity index is 0.00000288. The molecule has 0 unspecified atom stereocenters. The lowest BCUT2D eigenvalue weighted by atomic mass is 10.1. The van der Waals surface area contributed by atoms with E-state index < -0.39 is 10.0 Å². The van der Waals surface area contributed by atoms with Crippen molar-refractivity contribution in [1.29, 1.82) is 0 Å². The highest BCUT2D eigenvalue weighted by atomic mass is 35.5. The maximum Gasteiger partial charge on any atom is 0.251 e. The highest BCUT2D eigenvalue weighted by molar-refractivity contribution is 7.92. The predicted molar refractivity (Wildman–Crippen MR) is 98.5 cm³/mol. The molecule has 24 heavy (non-hydrogen) atoms. The van der Waals surface area contributed by atoms with Crippen LogP contribution in [0.3, 0.4) is 0 Å². The Morgan fingerprint density at radius 1 is 1.29 bits per heavy atom. The third-order valence-corrected chi connectivity index (χ3v) is 4.31. The molecule has 1 saturated heterocycles. The van der Waals surface area contributed by atoms with Crippen molar-refractivity contribution >= 4 is 34.0 Å². The molecule has 0 radical (unpaired) electrons. The van der Waals surface area contributed by atoms with E-state index in [2.05, 4.69) is 20.3 Å². The smallest absolute Gasteiger partial charge is 0.251 e. The largest absolute Gasteiger partial charge is 0.351 e. The number of halogens is 1. The number of anilines is 1. The fourth-order valence-electron chi connectivity index (χ4n) is 2.44. The summed E-state index contributed by atoms with van der Waals surface area (Å²) in [7, 11) is -3.37. The Hall–Kier alpha value is -1.35. The summed E-state index contributed by atoms with van der Waals surface area (Å²) in [6.07, 6.45) is 1.09. The molecule has 1 aromatic rings. The van der Waals surface area contributed by atoms with E-state index in [9.17, 15) is 13.2 Å². The molecule has 0 spiro atoms. The van der Waals surface area contributed by atoms with Crippen molar-refractivity contribution < 1.29 is 13.2 Å². The number of hydrogen-bond acceptors (Lipinski definition) is 5. The van der Waals surface area contributed by atoms with Crippen LogP contribution in [0.5, 0.6) is 0 Å². The molecule has 0 bridgehead atoms. The molecule has 1 aliphatic heterocycles. The number of carbonyl (C=O) groups excluding carboxylic acids is 1. The van der Waals surface area contributed by atoms with Crippen LogP contribution in [0.1, 0.15) is 15.9 Å². The maximum absolute atomic E-state index is 12.2. The first-order chi connectivity index (χ1) is 10.8. The van der Waals surface area contributed by atoms with Gasteiger partial charge in [-0.2, -0.15) is 0 Å². The number of benzene rings is 1. The fourth-order valence-corrected chi connectivity index (χ4v) is 3.06. The molecule has 0 aromatic heterocycles. The van der Waals surface area contributed by atoms with Gasteiger partial charge >= 0.3 is 0 Å². The van der Waals surface area contributed by atoms with Gasteiger partial charge in [-0.1, -0.05) is 6.07 Å². The minimum atomic E-state index is -3.37. The maximum atomic E-state index is 12.2. The van der Waals surface area contributed by atoms with Crippen molar-refractivity contribution in [2.24, 2.45) is 0 Å². The quantitative estimate of drug-likeness (QED) is 0.669. The molecule has 9 heteroatoms. The number of sulfonamides is 1. The van der Waals surface area contributed by atoms with Gasteiger partial charge in [0.05, 0.1) is 11.9 Å². The van der Waals surface area contributed by atoms with E-state index >= 15 is 0 Å². The third-order valence-electron chi connectivity index (χ3n) is 3.72. The molecular formula is C15H25ClN4O3S. The Morgan fingerprint density at radius 3 is 2.58 bits per heavy atom. The normalized spacial score (nSPS) is 15.4. The number of amides is 1. The van der Waals surface area contributed by atoms with E-state index in [0.717, 1.165) is 44.5 Å². The van der Waals surface area contributed by atoms with Crippen molar-refractivity contribution in [3.8, 4) is 0 Å². The van der Waals surface area contributed by atoms with Crippen LogP contribution < -0.4 is 15.4 Å². The van der Waals surface area contributed by atoms with Crippen LogP contribution in [0, 0.1) is 6.92 Å². The zero-order valence-corrected chi connectivity index (χ0v) is 15.6. The van der Waals surface area contributed by atoms with Crippen molar-refractivity contribution in [3.63, 3.8) is 0 Å². The summed E-state index contributed by atoms with van der Waals surface area (Å²) in [6.45, 7) is 7.11. The van der Waals surface area contributed by atoms with E-state index in [-0.39, 0.29) is 18.3 Å². The van der Waals surface area contributed by atoms with Gasteiger partial charge in [-0.05, 0) is 24.6 Å². The molecule has 1 aliphatic rings. The van der Waals surface area contributed by atoms with Gasteiger partial charge < -0.3 is 10.6 Å². The van der Waals surface area contributed by atoms with Crippen LogP contribution in [-0.4, -0.2) is 64.7 Å². The van der Waals surface area contributed by atoms with E-state index in [1.807, 2.05) is 0 Å². The topological polar surface area (TPSA) is 90.5 Å². The van der Waals surface area contributed by atoms with Gasteiger partial charge in [-0.15, -0.1) is 12.4 Å². The second-order valence-electron chi connectivity index (χ2n) is 5.75. The van der Waals surface area contributed by atoms with E-state index in [4.69, 9.17) is 0 Å². The molecule has 0 saturated carbocycles.